The fourth-order valence-corrected chi connectivity index (χ4v) is 2.83. The smallest absolute Gasteiger partial charge is 0.339 e. The number of rotatable bonds is 9. The van der Waals surface area contributed by atoms with Crippen molar-refractivity contribution < 1.29 is 15.0 Å². The van der Waals surface area contributed by atoms with Crippen LogP contribution in [-0.2, 0) is 0 Å². The molecule has 0 saturated heterocycles. The van der Waals surface area contributed by atoms with Crippen LogP contribution >= 0.6 is 0 Å². The van der Waals surface area contributed by atoms with E-state index in [9.17, 15) is 9.90 Å². The SMILES string of the molecule is CC=CCCC(C)=CCCC(C)=CC(C)c1cccc(C(=O)O)c1O. The van der Waals surface area contributed by atoms with Crippen molar-refractivity contribution in [1.29, 1.82) is 0 Å². The van der Waals surface area contributed by atoms with E-state index in [2.05, 4.69) is 38.2 Å². The van der Waals surface area contributed by atoms with Crippen molar-refractivity contribution in [1.82, 2.24) is 0 Å². The van der Waals surface area contributed by atoms with Crippen LogP contribution in [0.3, 0.4) is 0 Å². The van der Waals surface area contributed by atoms with E-state index < -0.39 is 5.97 Å². The lowest BCUT2D eigenvalue weighted by molar-refractivity contribution is 0.0693. The van der Waals surface area contributed by atoms with Gasteiger partial charge in [0.15, 0.2) is 0 Å². The Morgan fingerprint density at radius 3 is 2.48 bits per heavy atom. The Labute approximate surface area is 151 Å². The third-order valence-corrected chi connectivity index (χ3v) is 4.30. The van der Waals surface area contributed by atoms with Gasteiger partial charge in [0, 0.05) is 11.5 Å². The molecule has 1 unspecified atom stereocenters. The van der Waals surface area contributed by atoms with Gasteiger partial charge in [0.05, 0.1) is 0 Å². The lowest BCUT2D eigenvalue weighted by Gasteiger charge is -2.12. The van der Waals surface area contributed by atoms with Gasteiger partial charge in [0.25, 0.3) is 0 Å². The number of allylic oxidation sites excluding steroid dienone is 6. The normalized spacial score (nSPS) is 14.1. The average molecular weight is 342 g/mol. The van der Waals surface area contributed by atoms with E-state index in [-0.39, 0.29) is 17.2 Å². The molecule has 0 fully saturated rings. The Hall–Kier alpha value is -2.29. The number of benzene rings is 1. The number of hydrogen-bond acceptors (Lipinski definition) is 2. The van der Waals surface area contributed by atoms with Crippen LogP contribution in [0.5, 0.6) is 5.75 Å². The first-order valence-corrected chi connectivity index (χ1v) is 8.86. The number of hydrogen-bond donors (Lipinski definition) is 2. The summed E-state index contributed by atoms with van der Waals surface area (Å²) in [5, 5.41) is 19.3. The first kappa shape index (κ1) is 20.8. The van der Waals surface area contributed by atoms with E-state index in [0.29, 0.717) is 5.56 Å². The molecule has 0 bridgehead atoms. The molecule has 0 aliphatic heterocycles. The Morgan fingerprint density at radius 1 is 1.16 bits per heavy atom. The van der Waals surface area contributed by atoms with Crippen molar-refractivity contribution in [3.63, 3.8) is 0 Å². The Kier molecular flexibility index (Phi) is 8.76. The number of carboxylic acid groups (broad SMARTS) is 1. The van der Waals surface area contributed by atoms with E-state index in [1.54, 1.807) is 12.1 Å². The van der Waals surface area contributed by atoms with Gasteiger partial charge < -0.3 is 10.2 Å². The monoisotopic (exact) mass is 342 g/mol. The van der Waals surface area contributed by atoms with Gasteiger partial charge in [-0.1, -0.05) is 54.5 Å². The molecule has 2 N–H and O–H groups in total. The molecular weight excluding hydrogens is 312 g/mol. The van der Waals surface area contributed by atoms with Gasteiger partial charge >= 0.3 is 5.97 Å². The zero-order valence-corrected chi connectivity index (χ0v) is 15.7. The summed E-state index contributed by atoms with van der Waals surface area (Å²) in [7, 11) is 0. The lowest BCUT2D eigenvalue weighted by Crippen LogP contribution is -2.00. The van der Waals surface area contributed by atoms with Gasteiger partial charge in [-0.05, 0) is 52.5 Å². The maximum Gasteiger partial charge on any atom is 0.339 e. The second-order valence-corrected chi connectivity index (χ2v) is 6.55. The highest BCUT2D eigenvalue weighted by molar-refractivity contribution is 5.91. The van der Waals surface area contributed by atoms with Crippen LogP contribution in [0.15, 0.2) is 53.6 Å². The number of para-hydroxylation sites is 1. The predicted octanol–water partition coefficient (Wildman–Crippen LogP) is 6.22. The van der Waals surface area contributed by atoms with Crippen molar-refractivity contribution in [3.05, 3.63) is 64.8 Å². The maximum absolute atomic E-state index is 11.1. The Bertz CT molecular complexity index is 666. The third kappa shape index (κ3) is 7.00. The number of aromatic carboxylic acids is 1. The van der Waals surface area contributed by atoms with Crippen molar-refractivity contribution in [3.8, 4) is 5.75 Å². The second kappa shape index (κ2) is 10.5. The molecule has 3 heteroatoms. The van der Waals surface area contributed by atoms with Crippen molar-refractivity contribution in [2.75, 3.05) is 0 Å². The summed E-state index contributed by atoms with van der Waals surface area (Å²) in [6, 6.07) is 4.88. The van der Waals surface area contributed by atoms with Crippen LogP contribution in [-0.4, -0.2) is 16.2 Å². The second-order valence-electron chi connectivity index (χ2n) is 6.55. The highest BCUT2D eigenvalue weighted by Crippen LogP contribution is 2.31. The fraction of sp³-hybridized carbons (Fsp3) is 0.409. The standard InChI is InChI=1S/C22H30O3/c1-5-6-7-10-16(2)11-8-12-17(3)15-18(4)19-13-9-14-20(21(19)23)22(24)25/h5-6,9,11,13-15,18,23H,7-8,10,12H2,1-4H3,(H,24,25). The third-order valence-electron chi connectivity index (χ3n) is 4.30. The molecule has 3 nitrogen and oxygen atoms in total. The van der Waals surface area contributed by atoms with Gasteiger partial charge in [0.1, 0.15) is 11.3 Å². The first-order valence-electron chi connectivity index (χ1n) is 8.86. The summed E-state index contributed by atoms with van der Waals surface area (Å²) < 4.78 is 0. The van der Waals surface area contributed by atoms with Crippen LogP contribution < -0.4 is 0 Å². The molecule has 1 atom stereocenters. The zero-order chi connectivity index (χ0) is 18.8. The number of carbonyl (C=O) groups is 1. The van der Waals surface area contributed by atoms with Gasteiger partial charge in [-0.25, -0.2) is 4.79 Å². The summed E-state index contributed by atoms with van der Waals surface area (Å²) in [5.41, 5.74) is 3.25. The Morgan fingerprint density at radius 2 is 1.84 bits per heavy atom. The van der Waals surface area contributed by atoms with E-state index in [4.69, 9.17) is 5.11 Å². The minimum atomic E-state index is -1.11. The first-order chi connectivity index (χ1) is 11.9. The van der Waals surface area contributed by atoms with Gasteiger partial charge in [-0.2, -0.15) is 0 Å². The van der Waals surface area contributed by atoms with Crippen molar-refractivity contribution in [2.45, 2.75) is 59.3 Å². The van der Waals surface area contributed by atoms with Crippen LogP contribution in [0.1, 0.15) is 75.2 Å². The quantitative estimate of drug-likeness (QED) is 0.523. The molecule has 0 aromatic heterocycles. The highest BCUT2D eigenvalue weighted by atomic mass is 16.4. The van der Waals surface area contributed by atoms with Gasteiger partial charge in [-0.3, -0.25) is 0 Å². The van der Waals surface area contributed by atoms with Crippen LogP contribution in [0.2, 0.25) is 0 Å². The molecule has 0 heterocycles. The van der Waals surface area contributed by atoms with Crippen LogP contribution in [0.4, 0.5) is 0 Å². The van der Waals surface area contributed by atoms with Gasteiger partial charge in [-0.15, -0.1) is 0 Å². The fourth-order valence-electron chi connectivity index (χ4n) is 2.83. The molecule has 1 rings (SSSR count). The number of aromatic hydroxyl groups is 1. The molecule has 0 amide bonds. The molecule has 136 valence electrons. The van der Waals surface area contributed by atoms with Crippen LogP contribution in [0.25, 0.3) is 0 Å². The predicted molar refractivity (Wildman–Crippen MR) is 104 cm³/mol. The molecule has 0 spiro atoms. The summed E-state index contributed by atoms with van der Waals surface area (Å²) >= 11 is 0. The molecular formula is C22H30O3. The average Bonchev–Trinajstić information content (AvgIpc) is 2.54. The minimum Gasteiger partial charge on any atom is -0.507 e. The topological polar surface area (TPSA) is 57.5 Å². The molecule has 25 heavy (non-hydrogen) atoms. The highest BCUT2D eigenvalue weighted by Gasteiger charge is 2.15. The largest absolute Gasteiger partial charge is 0.507 e. The maximum atomic E-state index is 11.1. The Balaban J connectivity index is 2.68. The molecule has 0 radical (unpaired) electrons. The summed E-state index contributed by atoms with van der Waals surface area (Å²) in [6.07, 6.45) is 12.8. The summed E-state index contributed by atoms with van der Waals surface area (Å²) in [4.78, 5) is 11.1. The molecule has 0 aliphatic carbocycles. The van der Waals surface area contributed by atoms with E-state index in [1.165, 1.54) is 17.2 Å². The molecule has 0 saturated carbocycles. The summed E-state index contributed by atoms with van der Waals surface area (Å²) in [5.74, 6) is -1.27. The van der Waals surface area contributed by atoms with E-state index in [1.807, 2.05) is 13.8 Å². The molecule has 0 aliphatic rings. The van der Waals surface area contributed by atoms with Crippen LogP contribution in [0, 0.1) is 0 Å². The minimum absolute atomic E-state index is 0.0286. The van der Waals surface area contributed by atoms with E-state index in [0.717, 1.165) is 25.7 Å². The van der Waals surface area contributed by atoms with E-state index >= 15 is 0 Å². The lowest BCUT2D eigenvalue weighted by atomic mass is 9.94. The summed E-state index contributed by atoms with van der Waals surface area (Å²) in [6.45, 7) is 8.26. The molecule has 1 aromatic carbocycles. The molecule has 1 aromatic rings. The van der Waals surface area contributed by atoms with Gasteiger partial charge in [0.2, 0.25) is 0 Å². The van der Waals surface area contributed by atoms with Crippen molar-refractivity contribution in [2.24, 2.45) is 0 Å². The number of phenols is 1. The van der Waals surface area contributed by atoms with Crippen molar-refractivity contribution >= 4 is 5.97 Å². The zero-order valence-electron chi connectivity index (χ0n) is 15.7. The number of carboxylic acids is 1.